The van der Waals surface area contributed by atoms with Crippen LogP contribution in [0.25, 0.3) is 11.1 Å². The normalized spacial score (nSPS) is 11.1. The van der Waals surface area contributed by atoms with E-state index >= 15 is 0 Å². The fourth-order valence-corrected chi connectivity index (χ4v) is 5.71. The number of benzene rings is 4. The van der Waals surface area contributed by atoms with E-state index in [1.54, 1.807) is 0 Å². The van der Waals surface area contributed by atoms with Gasteiger partial charge in [-0.2, -0.15) is 0 Å². The Labute approximate surface area is 265 Å². The highest BCUT2D eigenvalue weighted by molar-refractivity contribution is 5.71. The Hall–Kier alpha value is -3.92. The molecule has 4 N–H and O–H groups in total. The van der Waals surface area contributed by atoms with Gasteiger partial charge in [0.1, 0.15) is 23.0 Å². The molecular formula is C40H52N2O2. The van der Waals surface area contributed by atoms with Gasteiger partial charge in [-0.3, -0.25) is 0 Å². The fraction of sp³-hybridized carbons (Fsp3) is 0.400. The van der Waals surface area contributed by atoms with Crippen molar-refractivity contribution in [3.05, 3.63) is 95.1 Å². The molecule has 0 bridgehead atoms. The van der Waals surface area contributed by atoms with E-state index < -0.39 is 0 Å². The van der Waals surface area contributed by atoms with Crippen LogP contribution < -0.4 is 20.9 Å². The number of aryl methyl sites for hydroxylation is 4. The molecule has 0 heterocycles. The van der Waals surface area contributed by atoms with Crippen LogP contribution in [0.15, 0.2) is 72.8 Å². The van der Waals surface area contributed by atoms with Crippen molar-refractivity contribution in [3.8, 4) is 34.1 Å². The van der Waals surface area contributed by atoms with E-state index in [4.69, 9.17) is 20.9 Å². The predicted molar refractivity (Wildman–Crippen MR) is 188 cm³/mol. The van der Waals surface area contributed by atoms with Gasteiger partial charge in [0.15, 0.2) is 0 Å². The van der Waals surface area contributed by atoms with Crippen molar-refractivity contribution in [2.45, 2.75) is 105 Å². The van der Waals surface area contributed by atoms with Crippen LogP contribution in [0.3, 0.4) is 0 Å². The number of nitrogens with two attached hydrogens (primary N) is 2. The lowest BCUT2D eigenvalue weighted by atomic mass is 9.90. The van der Waals surface area contributed by atoms with E-state index in [0.29, 0.717) is 11.4 Å². The zero-order valence-electron chi connectivity index (χ0n) is 27.4. The largest absolute Gasteiger partial charge is 0.457 e. The summed E-state index contributed by atoms with van der Waals surface area (Å²) in [5, 5.41) is 0. The molecule has 0 amide bonds. The van der Waals surface area contributed by atoms with Crippen molar-refractivity contribution in [2.24, 2.45) is 0 Å². The number of hydrogen-bond donors (Lipinski definition) is 2. The zero-order chi connectivity index (χ0) is 31.3. The molecule has 4 heteroatoms. The van der Waals surface area contributed by atoms with Gasteiger partial charge in [0.25, 0.3) is 0 Å². The summed E-state index contributed by atoms with van der Waals surface area (Å²) in [5.74, 6) is 3.58. The third-order valence-electron chi connectivity index (χ3n) is 8.17. The van der Waals surface area contributed by atoms with E-state index in [9.17, 15) is 0 Å². The number of ether oxygens (including phenoxy) is 2. The van der Waals surface area contributed by atoms with Gasteiger partial charge in [0.2, 0.25) is 0 Å². The molecule has 4 nitrogen and oxygen atoms in total. The first-order valence-corrected chi connectivity index (χ1v) is 16.8. The second kappa shape index (κ2) is 16.8. The summed E-state index contributed by atoms with van der Waals surface area (Å²) in [6.45, 7) is 9.00. The summed E-state index contributed by atoms with van der Waals surface area (Å²) in [6.07, 6.45) is 12.9. The third-order valence-corrected chi connectivity index (χ3v) is 8.17. The summed E-state index contributed by atoms with van der Waals surface area (Å²) in [6, 6.07) is 25.0. The minimum Gasteiger partial charge on any atom is -0.457 e. The summed E-state index contributed by atoms with van der Waals surface area (Å²) in [5.41, 5.74) is 21.2. The summed E-state index contributed by atoms with van der Waals surface area (Å²) >= 11 is 0. The van der Waals surface area contributed by atoms with Crippen molar-refractivity contribution < 1.29 is 9.47 Å². The Morgan fingerprint density at radius 2 is 0.773 bits per heavy atom. The molecule has 0 saturated heterocycles. The highest BCUT2D eigenvalue weighted by atomic mass is 16.5. The maximum Gasteiger partial charge on any atom is 0.133 e. The molecule has 0 unspecified atom stereocenters. The molecule has 0 fully saturated rings. The van der Waals surface area contributed by atoms with Crippen molar-refractivity contribution in [3.63, 3.8) is 0 Å². The van der Waals surface area contributed by atoms with Crippen LogP contribution in [0, 0.1) is 0 Å². The highest BCUT2D eigenvalue weighted by Crippen LogP contribution is 2.40. The van der Waals surface area contributed by atoms with Gasteiger partial charge >= 0.3 is 0 Å². The Kier molecular flexibility index (Phi) is 12.6. The topological polar surface area (TPSA) is 70.5 Å². The average Bonchev–Trinajstić information content (AvgIpc) is 3.02. The molecule has 0 spiro atoms. The molecule has 44 heavy (non-hydrogen) atoms. The molecule has 4 aromatic rings. The van der Waals surface area contributed by atoms with Gasteiger partial charge in [-0.25, -0.2) is 0 Å². The van der Waals surface area contributed by atoms with Gasteiger partial charge in [0.05, 0.1) is 0 Å². The van der Waals surface area contributed by atoms with Crippen LogP contribution in [-0.4, -0.2) is 0 Å². The standard InChI is InChI=1S/C40H52N2O2/c1-5-9-15-29-23-33(24-30(16-10-6-2)39(29)43-37-21-13-19-35(41)27-37)34-25-31(17-11-7-3)40(32(26-34)18-12-8-4)44-38-22-14-20-36(42)28-38/h13-14,19-28H,5-12,15-18,41-42H2,1-4H3. The average molecular weight is 593 g/mol. The first-order valence-electron chi connectivity index (χ1n) is 16.8. The minimum absolute atomic E-state index is 0.712. The van der Waals surface area contributed by atoms with Gasteiger partial charge in [-0.05, 0) is 133 Å². The molecule has 234 valence electrons. The second-order valence-corrected chi connectivity index (χ2v) is 12.0. The Balaban J connectivity index is 1.87. The molecule has 0 atom stereocenters. The second-order valence-electron chi connectivity index (χ2n) is 12.0. The highest BCUT2D eigenvalue weighted by Gasteiger charge is 2.19. The molecule has 4 rings (SSSR count). The monoisotopic (exact) mass is 592 g/mol. The first kappa shape index (κ1) is 33.0. The zero-order valence-corrected chi connectivity index (χ0v) is 27.4. The molecule has 4 aromatic carbocycles. The van der Waals surface area contributed by atoms with Crippen LogP contribution in [0.4, 0.5) is 11.4 Å². The Morgan fingerprint density at radius 3 is 1.05 bits per heavy atom. The maximum atomic E-state index is 6.65. The van der Waals surface area contributed by atoms with Gasteiger partial charge < -0.3 is 20.9 Å². The third kappa shape index (κ3) is 9.05. The van der Waals surface area contributed by atoms with Crippen molar-refractivity contribution in [1.82, 2.24) is 0 Å². The summed E-state index contributed by atoms with van der Waals surface area (Å²) < 4.78 is 13.3. The van der Waals surface area contributed by atoms with E-state index in [1.807, 2.05) is 48.5 Å². The van der Waals surface area contributed by atoms with Crippen molar-refractivity contribution in [1.29, 1.82) is 0 Å². The Bertz CT molecular complexity index is 1320. The van der Waals surface area contributed by atoms with Gasteiger partial charge in [-0.1, -0.05) is 65.5 Å². The molecule has 0 aliphatic rings. The first-order chi connectivity index (χ1) is 21.4. The molecule has 0 aliphatic carbocycles. The van der Waals surface area contributed by atoms with Crippen LogP contribution in [-0.2, 0) is 25.7 Å². The van der Waals surface area contributed by atoms with Crippen LogP contribution in [0.1, 0.15) is 101 Å². The SMILES string of the molecule is CCCCc1cc(-c2cc(CCCC)c(Oc3cccc(N)c3)c(CCCC)c2)cc(CCCC)c1Oc1cccc(N)c1. The molecule has 0 saturated carbocycles. The van der Waals surface area contributed by atoms with E-state index in [2.05, 4.69) is 52.0 Å². The van der Waals surface area contributed by atoms with E-state index in [-0.39, 0.29) is 0 Å². The lowest BCUT2D eigenvalue weighted by Crippen LogP contribution is -2.02. The van der Waals surface area contributed by atoms with Crippen molar-refractivity contribution >= 4 is 11.4 Å². The molecular weight excluding hydrogens is 540 g/mol. The van der Waals surface area contributed by atoms with Gasteiger partial charge in [-0.15, -0.1) is 0 Å². The maximum absolute atomic E-state index is 6.65. The van der Waals surface area contributed by atoms with Crippen LogP contribution in [0.5, 0.6) is 23.0 Å². The lowest BCUT2D eigenvalue weighted by molar-refractivity contribution is 0.467. The smallest absolute Gasteiger partial charge is 0.133 e. The van der Waals surface area contributed by atoms with Crippen LogP contribution >= 0.6 is 0 Å². The summed E-state index contributed by atoms with van der Waals surface area (Å²) in [7, 11) is 0. The number of unbranched alkanes of at least 4 members (excludes halogenated alkanes) is 4. The number of nitrogen functional groups attached to an aromatic ring is 2. The molecule has 0 aliphatic heterocycles. The van der Waals surface area contributed by atoms with Crippen LogP contribution in [0.2, 0.25) is 0 Å². The Morgan fingerprint density at radius 1 is 0.455 bits per heavy atom. The summed E-state index contributed by atoms with van der Waals surface area (Å²) in [4.78, 5) is 0. The minimum atomic E-state index is 0.712. The van der Waals surface area contributed by atoms with Crippen molar-refractivity contribution in [2.75, 3.05) is 11.5 Å². The number of anilines is 2. The van der Waals surface area contributed by atoms with Gasteiger partial charge in [0, 0.05) is 23.5 Å². The van der Waals surface area contributed by atoms with E-state index in [0.717, 1.165) is 100 Å². The van der Waals surface area contributed by atoms with E-state index in [1.165, 1.54) is 33.4 Å². The predicted octanol–water partition coefficient (Wildman–Crippen LogP) is 11.5. The molecule has 0 radical (unpaired) electrons. The number of rotatable bonds is 17. The fourth-order valence-electron chi connectivity index (χ4n) is 5.71. The lowest BCUT2D eigenvalue weighted by Gasteiger charge is -2.21. The number of hydrogen-bond acceptors (Lipinski definition) is 4. The molecule has 0 aromatic heterocycles. The quantitative estimate of drug-likeness (QED) is 0.120.